The summed E-state index contributed by atoms with van der Waals surface area (Å²) in [4.78, 5) is 35.5. The third-order valence-corrected chi connectivity index (χ3v) is 5.87. The minimum Gasteiger partial charge on any atom is -0.492 e. The molecule has 0 aliphatic carbocycles. The Morgan fingerprint density at radius 2 is 1.97 bits per heavy atom. The van der Waals surface area contributed by atoms with E-state index >= 15 is 0 Å². The van der Waals surface area contributed by atoms with E-state index in [1.807, 2.05) is 0 Å². The highest BCUT2D eigenvalue weighted by Gasteiger charge is 2.30. The average molecular weight is 487 g/mol. The molecule has 0 fully saturated rings. The fourth-order valence-corrected chi connectivity index (χ4v) is 3.86. The number of ether oxygens (including phenoxy) is 2. The van der Waals surface area contributed by atoms with Crippen molar-refractivity contribution in [3.8, 4) is 11.8 Å². The van der Waals surface area contributed by atoms with Gasteiger partial charge >= 0.3 is 6.01 Å². The Kier molecular flexibility index (Phi) is 7.36. The van der Waals surface area contributed by atoms with Crippen molar-refractivity contribution in [1.29, 1.82) is 0 Å². The van der Waals surface area contributed by atoms with Crippen LogP contribution < -0.4 is 25.4 Å². The van der Waals surface area contributed by atoms with Gasteiger partial charge in [0.15, 0.2) is 5.82 Å². The molecule has 2 aliphatic heterocycles. The molecule has 3 heterocycles. The van der Waals surface area contributed by atoms with Gasteiger partial charge < -0.3 is 30.3 Å². The van der Waals surface area contributed by atoms with E-state index in [0.717, 1.165) is 12.8 Å². The van der Waals surface area contributed by atoms with Crippen LogP contribution in [0.2, 0.25) is 5.02 Å². The molecule has 0 spiro atoms. The number of carbonyl (C=O) groups is 2. The number of anilines is 3. The number of hydrogen-bond acceptors (Lipinski definition) is 8. The van der Waals surface area contributed by atoms with E-state index in [2.05, 4.69) is 25.9 Å². The molecule has 0 unspecified atom stereocenters. The number of halogens is 1. The number of carbonyl (C=O) groups excluding carboxylic acids is 2. The van der Waals surface area contributed by atoms with Gasteiger partial charge in [-0.25, -0.2) is 0 Å². The van der Waals surface area contributed by atoms with E-state index in [0.29, 0.717) is 71.8 Å². The van der Waals surface area contributed by atoms with Crippen LogP contribution >= 0.6 is 11.6 Å². The Bertz CT molecular complexity index is 1120. The molecule has 0 saturated carbocycles. The van der Waals surface area contributed by atoms with Gasteiger partial charge in [0.25, 0.3) is 5.91 Å². The predicted molar refractivity (Wildman–Crippen MR) is 130 cm³/mol. The number of benzene rings is 1. The Hall–Kier alpha value is -3.53. The van der Waals surface area contributed by atoms with E-state index < -0.39 is 0 Å². The molecule has 2 aromatic rings. The fraction of sp³-hybridized carbons (Fsp3) is 0.391. The summed E-state index contributed by atoms with van der Waals surface area (Å²) >= 11 is 6.28. The van der Waals surface area contributed by atoms with Gasteiger partial charge in [-0.05, 0) is 31.4 Å². The molecule has 2 aliphatic rings. The summed E-state index contributed by atoms with van der Waals surface area (Å²) in [7, 11) is 3.26. The van der Waals surface area contributed by atoms with Crippen molar-refractivity contribution in [3.05, 3.63) is 35.0 Å². The topological polar surface area (TPSA) is 118 Å². The maximum atomic E-state index is 12.7. The molecule has 0 radical (unpaired) electrons. The lowest BCUT2D eigenvalue weighted by Crippen LogP contribution is -2.28. The molecule has 2 amide bonds. The van der Waals surface area contributed by atoms with E-state index in [4.69, 9.17) is 21.1 Å². The zero-order valence-corrected chi connectivity index (χ0v) is 19.9. The molecule has 2 bridgehead atoms. The Morgan fingerprint density at radius 1 is 1.15 bits per heavy atom. The maximum absolute atomic E-state index is 12.7. The normalized spacial score (nSPS) is 18.6. The molecule has 180 valence electrons. The molecule has 4 rings (SSSR count). The van der Waals surface area contributed by atoms with E-state index in [1.165, 1.54) is 7.11 Å². The fourth-order valence-electron chi connectivity index (χ4n) is 3.69. The van der Waals surface area contributed by atoms with Crippen LogP contribution in [-0.4, -0.2) is 60.5 Å². The van der Waals surface area contributed by atoms with Crippen molar-refractivity contribution in [2.45, 2.75) is 25.7 Å². The van der Waals surface area contributed by atoms with Gasteiger partial charge in [0.05, 0.1) is 29.9 Å². The summed E-state index contributed by atoms with van der Waals surface area (Å²) in [6.45, 7) is 1.59. The molecule has 11 heteroatoms. The zero-order chi connectivity index (χ0) is 24.1. The van der Waals surface area contributed by atoms with Gasteiger partial charge in [-0.1, -0.05) is 11.6 Å². The lowest BCUT2D eigenvalue weighted by molar-refractivity contribution is -0.130. The summed E-state index contributed by atoms with van der Waals surface area (Å²) < 4.78 is 11.0. The second kappa shape index (κ2) is 10.6. The summed E-state index contributed by atoms with van der Waals surface area (Å²) in [5.74, 6) is 1.14. The summed E-state index contributed by atoms with van der Waals surface area (Å²) in [5, 5.41) is 9.65. The number of amides is 2. The molecule has 0 atom stereocenters. The number of nitrogens with zero attached hydrogens (tertiary/aromatic N) is 3. The number of methoxy groups -OCH3 is 1. The first-order valence-electron chi connectivity index (χ1n) is 11.1. The third kappa shape index (κ3) is 5.33. The quantitative estimate of drug-likeness (QED) is 0.561. The minimum absolute atomic E-state index is 0.0896. The largest absolute Gasteiger partial charge is 0.492 e. The lowest BCUT2D eigenvalue weighted by atomic mass is 10.1. The first-order valence-corrected chi connectivity index (χ1v) is 11.5. The summed E-state index contributed by atoms with van der Waals surface area (Å²) in [5.41, 5.74) is 1.63. The van der Waals surface area contributed by atoms with Gasteiger partial charge in [-0.3, -0.25) is 9.59 Å². The molecular weight excluding hydrogens is 460 g/mol. The van der Waals surface area contributed by atoms with Gasteiger partial charge in [0.2, 0.25) is 5.91 Å². The van der Waals surface area contributed by atoms with Gasteiger partial charge in [0, 0.05) is 44.5 Å². The highest BCUT2D eigenvalue weighted by molar-refractivity contribution is 6.33. The lowest BCUT2D eigenvalue weighted by Gasteiger charge is -2.18. The smallest absolute Gasteiger partial charge is 0.320 e. The highest BCUT2D eigenvalue weighted by atomic mass is 35.5. The molecular formula is C23H27ClN6O4. The minimum atomic E-state index is -0.310. The van der Waals surface area contributed by atoms with Crippen LogP contribution in [0.5, 0.6) is 11.8 Å². The van der Waals surface area contributed by atoms with E-state index in [-0.39, 0.29) is 17.8 Å². The van der Waals surface area contributed by atoms with Gasteiger partial charge in [0.1, 0.15) is 11.6 Å². The van der Waals surface area contributed by atoms with Crippen LogP contribution in [0.4, 0.5) is 17.3 Å². The Labute approximate surface area is 202 Å². The Morgan fingerprint density at radius 3 is 2.79 bits per heavy atom. The third-order valence-electron chi connectivity index (χ3n) is 5.56. The van der Waals surface area contributed by atoms with Crippen LogP contribution in [0.25, 0.3) is 5.57 Å². The Balaban J connectivity index is 1.67. The highest BCUT2D eigenvalue weighted by Crippen LogP contribution is 2.37. The molecule has 0 saturated heterocycles. The standard InChI is InChI=1S/C23H27ClN6O4/c1-30-10-5-9-25-20-19-15(22(32)27-21(19)29-23(28-20)33-2)13-26-14-7-8-16(24)17(12-14)34-11-4-3-6-18(30)31/h7-8,12-13,26H,3-6,9-11H2,1-2H3,(H2,25,27,28,29,32)/b15-13-. The zero-order valence-electron chi connectivity index (χ0n) is 19.1. The van der Waals surface area contributed by atoms with Crippen LogP contribution in [0.15, 0.2) is 24.4 Å². The number of fused-ring (bicyclic) bond motifs is 2. The molecule has 10 nitrogen and oxygen atoms in total. The van der Waals surface area contributed by atoms with Crippen molar-refractivity contribution in [2.75, 3.05) is 49.8 Å². The van der Waals surface area contributed by atoms with Crippen molar-refractivity contribution < 1.29 is 19.1 Å². The number of nitrogens with one attached hydrogen (secondary N) is 3. The maximum Gasteiger partial charge on any atom is 0.320 e. The second-order valence-electron chi connectivity index (χ2n) is 7.99. The first kappa shape index (κ1) is 23.6. The van der Waals surface area contributed by atoms with Crippen LogP contribution in [0.3, 0.4) is 0 Å². The SMILES string of the molecule is COc1nc2c3c(n1)NC(=O)/C3=C\Nc1ccc(Cl)c(c1)OCCCCC(=O)N(C)CCCN2. The average Bonchev–Trinajstić information content (AvgIpc) is 3.15. The first-order chi connectivity index (χ1) is 16.5. The molecule has 1 aromatic carbocycles. The summed E-state index contributed by atoms with van der Waals surface area (Å²) in [6.07, 6.45) is 4.23. The monoisotopic (exact) mass is 486 g/mol. The predicted octanol–water partition coefficient (Wildman–Crippen LogP) is 3.37. The number of aromatic nitrogens is 2. The number of rotatable bonds is 1. The van der Waals surface area contributed by atoms with Crippen molar-refractivity contribution in [2.24, 2.45) is 0 Å². The number of hydrogen-bond donors (Lipinski definition) is 3. The molecule has 34 heavy (non-hydrogen) atoms. The second-order valence-corrected chi connectivity index (χ2v) is 8.39. The van der Waals surface area contributed by atoms with Gasteiger partial charge in [-0.2, -0.15) is 9.97 Å². The van der Waals surface area contributed by atoms with E-state index in [1.54, 1.807) is 36.3 Å². The van der Waals surface area contributed by atoms with E-state index in [9.17, 15) is 9.59 Å². The van der Waals surface area contributed by atoms with Crippen LogP contribution in [-0.2, 0) is 9.59 Å². The van der Waals surface area contributed by atoms with Crippen molar-refractivity contribution >= 4 is 46.3 Å². The molecule has 1 aromatic heterocycles. The van der Waals surface area contributed by atoms with Crippen LogP contribution in [0, 0.1) is 0 Å². The summed E-state index contributed by atoms with van der Waals surface area (Å²) in [6, 6.07) is 5.42. The van der Waals surface area contributed by atoms with Crippen molar-refractivity contribution in [1.82, 2.24) is 14.9 Å². The van der Waals surface area contributed by atoms with Crippen LogP contribution in [0.1, 0.15) is 31.2 Å². The van der Waals surface area contributed by atoms with Gasteiger partial charge in [-0.15, -0.1) is 0 Å². The van der Waals surface area contributed by atoms with Crippen molar-refractivity contribution in [3.63, 3.8) is 0 Å². The molecule has 3 N–H and O–H groups in total.